The zero-order valence-electron chi connectivity index (χ0n) is 14.9. The minimum Gasteiger partial charge on any atom is -0.494 e. The van der Waals surface area contributed by atoms with Crippen molar-refractivity contribution in [2.24, 2.45) is 0 Å². The third-order valence-corrected chi connectivity index (χ3v) is 4.16. The van der Waals surface area contributed by atoms with Crippen LogP contribution >= 0.6 is 0 Å². The fourth-order valence-corrected chi connectivity index (χ4v) is 2.51. The molecule has 1 atom stereocenters. The van der Waals surface area contributed by atoms with Gasteiger partial charge in [0, 0.05) is 0 Å². The number of benzene rings is 1. The lowest BCUT2D eigenvalue weighted by Gasteiger charge is -2.27. The van der Waals surface area contributed by atoms with Gasteiger partial charge in [-0.1, -0.05) is 44.7 Å². The van der Waals surface area contributed by atoms with Crippen LogP contribution in [0.25, 0.3) is 0 Å². The largest absolute Gasteiger partial charge is 0.494 e. The second kappa shape index (κ2) is 10.9. The van der Waals surface area contributed by atoms with Crippen molar-refractivity contribution < 1.29 is 19.7 Å². The maximum Gasteiger partial charge on any atom is 0.405 e. The van der Waals surface area contributed by atoms with Gasteiger partial charge in [0.05, 0.1) is 18.8 Å². The fraction of sp³-hybridized carbons (Fsp3) is 0.632. The van der Waals surface area contributed by atoms with Crippen LogP contribution in [0, 0.1) is 0 Å². The first-order valence-corrected chi connectivity index (χ1v) is 8.83. The van der Waals surface area contributed by atoms with E-state index < -0.39 is 11.6 Å². The molecule has 0 bridgehead atoms. The molecule has 24 heavy (non-hydrogen) atoms. The number of carboxylic acid groups (broad SMARTS) is 1. The Kier molecular flexibility index (Phi) is 9.23. The number of ether oxygens (including phenoxy) is 1. The van der Waals surface area contributed by atoms with Gasteiger partial charge in [-0.2, -0.15) is 0 Å². The lowest BCUT2D eigenvalue weighted by Crippen LogP contribution is -2.48. The number of aryl methyl sites for hydroxylation is 1. The number of nitrogens with one attached hydrogen (secondary N) is 1. The Bertz CT molecular complexity index is 475. The molecular formula is C19H31NO4. The van der Waals surface area contributed by atoms with Crippen LogP contribution in [0.2, 0.25) is 0 Å². The number of unbranched alkanes of at least 4 members (excludes halogenated alkanes) is 4. The Morgan fingerprint density at radius 2 is 1.83 bits per heavy atom. The molecule has 0 aromatic heterocycles. The first kappa shape index (κ1) is 20.3. The van der Waals surface area contributed by atoms with Crippen molar-refractivity contribution in [3.63, 3.8) is 0 Å². The molecule has 0 radical (unpaired) electrons. The lowest BCUT2D eigenvalue weighted by molar-refractivity contribution is 0.141. The molecule has 3 N–H and O–H groups in total. The summed E-state index contributed by atoms with van der Waals surface area (Å²) >= 11 is 0. The standard InChI is InChI=1S/C19H31NO4/c1-3-4-5-6-7-14-24-17-10-8-16(9-11-17)12-13-19(2,15-21)20-18(22)23/h8-11,20-21H,3-7,12-15H2,1-2H3,(H,22,23)/t19-/m1/s1. The van der Waals surface area contributed by atoms with Gasteiger partial charge in [0.1, 0.15) is 5.75 Å². The molecule has 0 aliphatic rings. The number of amides is 1. The average molecular weight is 337 g/mol. The van der Waals surface area contributed by atoms with Gasteiger partial charge in [-0.15, -0.1) is 0 Å². The van der Waals surface area contributed by atoms with Crippen molar-refractivity contribution in [3.8, 4) is 5.75 Å². The molecule has 0 heterocycles. The van der Waals surface area contributed by atoms with E-state index in [2.05, 4.69) is 12.2 Å². The summed E-state index contributed by atoms with van der Waals surface area (Å²) < 4.78 is 5.73. The number of carbonyl (C=O) groups is 1. The molecule has 0 saturated carbocycles. The summed E-state index contributed by atoms with van der Waals surface area (Å²) in [6.45, 7) is 4.43. The van der Waals surface area contributed by atoms with Crippen LogP contribution in [0.3, 0.4) is 0 Å². The van der Waals surface area contributed by atoms with E-state index in [1.54, 1.807) is 6.92 Å². The van der Waals surface area contributed by atoms with E-state index in [-0.39, 0.29) is 6.61 Å². The predicted molar refractivity (Wildman–Crippen MR) is 95.7 cm³/mol. The van der Waals surface area contributed by atoms with Crippen molar-refractivity contribution in [1.29, 1.82) is 0 Å². The first-order valence-electron chi connectivity index (χ1n) is 8.83. The number of hydrogen-bond donors (Lipinski definition) is 3. The maximum atomic E-state index is 10.8. The van der Waals surface area contributed by atoms with Crippen LogP contribution in [0.4, 0.5) is 4.79 Å². The lowest BCUT2D eigenvalue weighted by atomic mass is 9.94. The van der Waals surface area contributed by atoms with Crippen LogP contribution in [-0.2, 0) is 6.42 Å². The molecule has 1 aromatic rings. The van der Waals surface area contributed by atoms with Gasteiger partial charge < -0.3 is 20.3 Å². The van der Waals surface area contributed by atoms with Crippen molar-refractivity contribution in [3.05, 3.63) is 29.8 Å². The summed E-state index contributed by atoms with van der Waals surface area (Å²) in [5.74, 6) is 0.864. The highest BCUT2D eigenvalue weighted by atomic mass is 16.5. The fourth-order valence-electron chi connectivity index (χ4n) is 2.51. The van der Waals surface area contributed by atoms with Crippen LogP contribution < -0.4 is 10.1 Å². The second-order valence-corrected chi connectivity index (χ2v) is 6.56. The van der Waals surface area contributed by atoms with Crippen LogP contribution in [-0.4, -0.2) is 35.1 Å². The molecule has 0 spiro atoms. The topological polar surface area (TPSA) is 78.8 Å². The molecule has 1 aromatic carbocycles. The zero-order chi connectivity index (χ0) is 17.8. The number of hydrogen-bond acceptors (Lipinski definition) is 3. The third-order valence-electron chi connectivity index (χ3n) is 4.16. The molecule has 136 valence electrons. The van der Waals surface area contributed by atoms with E-state index in [0.717, 1.165) is 24.3 Å². The van der Waals surface area contributed by atoms with Gasteiger partial charge in [0.25, 0.3) is 0 Å². The molecule has 5 heteroatoms. The molecule has 1 amide bonds. The van der Waals surface area contributed by atoms with E-state index in [9.17, 15) is 9.90 Å². The van der Waals surface area contributed by atoms with E-state index >= 15 is 0 Å². The molecule has 5 nitrogen and oxygen atoms in total. The summed E-state index contributed by atoms with van der Waals surface area (Å²) in [5.41, 5.74) is 0.275. The molecule has 1 rings (SSSR count). The highest BCUT2D eigenvalue weighted by Crippen LogP contribution is 2.18. The summed E-state index contributed by atoms with van der Waals surface area (Å²) in [4.78, 5) is 10.8. The summed E-state index contributed by atoms with van der Waals surface area (Å²) in [6, 6.07) is 7.88. The quantitative estimate of drug-likeness (QED) is 0.504. The molecular weight excluding hydrogens is 306 g/mol. The Balaban J connectivity index is 2.35. The number of aliphatic hydroxyl groups is 1. The van der Waals surface area contributed by atoms with E-state index in [1.165, 1.54) is 25.7 Å². The van der Waals surface area contributed by atoms with Crippen LogP contribution in [0.5, 0.6) is 5.75 Å². The molecule has 0 aliphatic carbocycles. The predicted octanol–water partition coefficient (Wildman–Crippen LogP) is 3.99. The smallest absolute Gasteiger partial charge is 0.405 e. The first-order chi connectivity index (χ1) is 11.5. The maximum absolute atomic E-state index is 10.8. The van der Waals surface area contributed by atoms with Gasteiger partial charge in [-0.05, 0) is 43.9 Å². The van der Waals surface area contributed by atoms with Crippen LogP contribution in [0.15, 0.2) is 24.3 Å². The molecule has 0 unspecified atom stereocenters. The highest BCUT2D eigenvalue weighted by Gasteiger charge is 2.24. The van der Waals surface area contributed by atoms with Gasteiger partial charge in [0.15, 0.2) is 0 Å². The van der Waals surface area contributed by atoms with Crippen molar-refractivity contribution >= 4 is 6.09 Å². The molecule has 0 saturated heterocycles. The van der Waals surface area contributed by atoms with E-state index in [1.807, 2.05) is 24.3 Å². The number of aliphatic hydroxyl groups excluding tert-OH is 1. The normalized spacial score (nSPS) is 13.3. The minimum atomic E-state index is -1.12. The summed E-state index contributed by atoms with van der Waals surface area (Å²) in [6.07, 6.45) is 6.21. The minimum absolute atomic E-state index is 0.224. The Morgan fingerprint density at radius 3 is 2.42 bits per heavy atom. The SMILES string of the molecule is CCCCCCCOc1ccc(CC[C@](C)(CO)NC(=O)O)cc1. The Morgan fingerprint density at radius 1 is 1.17 bits per heavy atom. The van der Waals surface area contributed by atoms with Crippen molar-refractivity contribution in [2.45, 2.75) is 64.3 Å². The van der Waals surface area contributed by atoms with E-state index in [0.29, 0.717) is 12.8 Å². The Hall–Kier alpha value is -1.75. The van der Waals surface area contributed by atoms with E-state index in [4.69, 9.17) is 9.84 Å². The molecule has 0 fully saturated rings. The van der Waals surface area contributed by atoms with Crippen molar-refractivity contribution in [1.82, 2.24) is 5.32 Å². The molecule has 0 aliphatic heterocycles. The van der Waals surface area contributed by atoms with Crippen molar-refractivity contribution in [2.75, 3.05) is 13.2 Å². The van der Waals surface area contributed by atoms with Gasteiger partial charge in [0.2, 0.25) is 0 Å². The number of rotatable bonds is 12. The average Bonchev–Trinajstić information content (AvgIpc) is 2.56. The second-order valence-electron chi connectivity index (χ2n) is 6.56. The summed E-state index contributed by atoms with van der Waals surface area (Å²) in [5, 5.41) is 20.6. The monoisotopic (exact) mass is 337 g/mol. The van der Waals surface area contributed by atoms with Gasteiger partial charge >= 0.3 is 6.09 Å². The summed E-state index contributed by atoms with van der Waals surface area (Å²) in [7, 11) is 0. The highest BCUT2D eigenvalue weighted by molar-refractivity contribution is 5.65. The van der Waals surface area contributed by atoms with Crippen LogP contribution in [0.1, 0.15) is 57.9 Å². The zero-order valence-corrected chi connectivity index (χ0v) is 14.9. The van der Waals surface area contributed by atoms with Gasteiger partial charge in [-0.3, -0.25) is 0 Å². The Labute approximate surface area is 145 Å². The van der Waals surface area contributed by atoms with Gasteiger partial charge in [-0.25, -0.2) is 4.79 Å². The third kappa shape index (κ3) is 8.20.